The lowest BCUT2D eigenvalue weighted by molar-refractivity contribution is -0.0157. The van der Waals surface area contributed by atoms with Crippen molar-refractivity contribution in [3.05, 3.63) is 40.1 Å². The molecule has 5 nitrogen and oxygen atoms in total. The van der Waals surface area contributed by atoms with Crippen LogP contribution in [0.25, 0.3) is 0 Å². The summed E-state index contributed by atoms with van der Waals surface area (Å²) in [5.74, 6) is 0. The normalized spacial score (nSPS) is 20.7. The molecular formula is C17H25N3O2S. The standard InChI is InChI=1S/C17H25N3O2S/c1-4-22-13(2)17-18-14(12-23-17)10-20-8-9-21-11-16(20)15-6-5-7-19(15)3/h5-7,12-13,16H,4,8-11H2,1-3H3/t13-,16+/m1/s1. The third-order valence-corrected chi connectivity index (χ3v) is 5.32. The van der Waals surface area contributed by atoms with E-state index in [4.69, 9.17) is 14.5 Å². The van der Waals surface area contributed by atoms with Gasteiger partial charge in [-0.25, -0.2) is 4.98 Å². The van der Waals surface area contributed by atoms with Crippen molar-refractivity contribution in [2.24, 2.45) is 7.05 Å². The van der Waals surface area contributed by atoms with Crippen LogP contribution in [0.1, 0.15) is 42.4 Å². The molecular weight excluding hydrogens is 310 g/mol. The van der Waals surface area contributed by atoms with Gasteiger partial charge in [-0.2, -0.15) is 0 Å². The van der Waals surface area contributed by atoms with Crippen LogP contribution in [0, 0.1) is 0 Å². The number of thiazole rings is 1. The molecule has 6 heteroatoms. The Bertz CT molecular complexity index is 625. The van der Waals surface area contributed by atoms with Crippen molar-refractivity contribution in [1.29, 1.82) is 0 Å². The molecule has 0 unspecified atom stereocenters. The Morgan fingerprint density at radius 3 is 3.13 bits per heavy atom. The summed E-state index contributed by atoms with van der Waals surface area (Å²) in [5.41, 5.74) is 2.42. The lowest BCUT2D eigenvalue weighted by Crippen LogP contribution is -2.39. The van der Waals surface area contributed by atoms with E-state index in [-0.39, 0.29) is 6.10 Å². The average molecular weight is 335 g/mol. The second-order valence-corrected chi connectivity index (χ2v) is 6.77. The van der Waals surface area contributed by atoms with E-state index >= 15 is 0 Å². The van der Waals surface area contributed by atoms with Gasteiger partial charge in [-0.1, -0.05) is 0 Å². The molecule has 2 aromatic heterocycles. The zero-order valence-electron chi connectivity index (χ0n) is 14.1. The summed E-state index contributed by atoms with van der Waals surface area (Å²) >= 11 is 1.69. The van der Waals surface area contributed by atoms with Crippen molar-refractivity contribution in [3.8, 4) is 0 Å². The zero-order valence-corrected chi connectivity index (χ0v) is 14.9. The third kappa shape index (κ3) is 3.83. The Morgan fingerprint density at radius 1 is 1.52 bits per heavy atom. The first kappa shape index (κ1) is 16.6. The molecule has 3 heterocycles. The van der Waals surface area contributed by atoms with E-state index in [2.05, 4.69) is 47.1 Å². The SMILES string of the molecule is CCO[C@H](C)c1nc(CN2CCOC[C@H]2c2cccn2C)cs1. The van der Waals surface area contributed by atoms with E-state index in [0.717, 1.165) is 43.6 Å². The highest BCUT2D eigenvalue weighted by Gasteiger charge is 2.27. The van der Waals surface area contributed by atoms with E-state index in [9.17, 15) is 0 Å². The van der Waals surface area contributed by atoms with Crippen LogP contribution in [0.2, 0.25) is 0 Å². The summed E-state index contributed by atoms with van der Waals surface area (Å²) in [6.45, 7) is 8.11. The molecule has 0 aromatic carbocycles. The number of aromatic nitrogens is 2. The second kappa shape index (κ2) is 7.57. The van der Waals surface area contributed by atoms with Crippen LogP contribution in [0.4, 0.5) is 0 Å². The lowest BCUT2D eigenvalue weighted by atomic mass is 10.1. The maximum atomic E-state index is 5.71. The Hall–Kier alpha value is -1.21. The minimum atomic E-state index is 0.0760. The third-order valence-electron chi connectivity index (χ3n) is 4.26. The molecule has 0 N–H and O–H groups in total. The molecule has 0 spiro atoms. The van der Waals surface area contributed by atoms with Crippen LogP contribution in [-0.2, 0) is 23.1 Å². The number of hydrogen-bond acceptors (Lipinski definition) is 5. The van der Waals surface area contributed by atoms with Gasteiger partial charge in [0.15, 0.2) is 0 Å². The zero-order chi connectivity index (χ0) is 16.2. The highest BCUT2D eigenvalue weighted by molar-refractivity contribution is 7.09. The summed E-state index contributed by atoms with van der Waals surface area (Å²) < 4.78 is 13.5. The van der Waals surface area contributed by atoms with Gasteiger partial charge in [0.05, 0.1) is 24.9 Å². The minimum Gasteiger partial charge on any atom is -0.378 e. The number of nitrogens with zero attached hydrogens (tertiary/aromatic N) is 3. The van der Waals surface area contributed by atoms with Gasteiger partial charge in [-0.15, -0.1) is 11.3 Å². The summed E-state index contributed by atoms with van der Waals surface area (Å²) in [5, 5.41) is 3.22. The first-order chi connectivity index (χ1) is 11.2. The highest BCUT2D eigenvalue weighted by atomic mass is 32.1. The molecule has 1 fully saturated rings. The summed E-state index contributed by atoms with van der Waals surface area (Å²) in [6, 6.07) is 4.56. The van der Waals surface area contributed by atoms with Crippen molar-refractivity contribution >= 4 is 11.3 Å². The number of aryl methyl sites for hydroxylation is 1. The second-order valence-electron chi connectivity index (χ2n) is 5.88. The fourth-order valence-electron chi connectivity index (χ4n) is 3.03. The Balaban J connectivity index is 1.71. The van der Waals surface area contributed by atoms with Crippen molar-refractivity contribution in [3.63, 3.8) is 0 Å². The fourth-order valence-corrected chi connectivity index (χ4v) is 3.85. The lowest BCUT2D eigenvalue weighted by Gasteiger charge is -2.35. The molecule has 1 saturated heterocycles. The Labute approximate surface area is 141 Å². The van der Waals surface area contributed by atoms with Crippen molar-refractivity contribution < 1.29 is 9.47 Å². The van der Waals surface area contributed by atoms with Crippen molar-refractivity contribution in [1.82, 2.24) is 14.5 Å². The fraction of sp³-hybridized carbons (Fsp3) is 0.588. The van der Waals surface area contributed by atoms with Crippen LogP contribution in [0.3, 0.4) is 0 Å². The molecule has 0 aliphatic carbocycles. The van der Waals surface area contributed by atoms with Crippen LogP contribution >= 0.6 is 11.3 Å². The summed E-state index contributed by atoms with van der Waals surface area (Å²) in [6.07, 6.45) is 2.17. The molecule has 0 saturated carbocycles. The van der Waals surface area contributed by atoms with Crippen LogP contribution < -0.4 is 0 Å². The van der Waals surface area contributed by atoms with Crippen LogP contribution in [0.5, 0.6) is 0 Å². The highest BCUT2D eigenvalue weighted by Crippen LogP contribution is 2.27. The van der Waals surface area contributed by atoms with Gasteiger partial charge in [0.25, 0.3) is 0 Å². The van der Waals surface area contributed by atoms with E-state index in [1.54, 1.807) is 11.3 Å². The van der Waals surface area contributed by atoms with Crippen molar-refractivity contribution in [2.75, 3.05) is 26.4 Å². The molecule has 1 aliphatic heterocycles. The van der Waals surface area contributed by atoms with Gasteiger partial charge in [0.1, 0.15) is 11.1 Å². The van der Waals surface area contributed by atoms with E-state index < -0.39 is 0 Å². The van der Waals surface area contributed by atoms with Gasteiger partial charge in [-0.3, -0.25) is 4.90 Å². The van der Waals surface area contributed by atoms with E-state index in [1.807, 2.05) is 6.92 Å². The molecule has 1 aliphatic rings. The molecule has 0 bridgehead atoms. The topological polar surface area (TPSA) is 39.5 Å². The predicted molar refractivity (Wildman–Crippen MR) is 91.5 cm³/mol. The van der Waals surface area contributed by atoms with Gasteiger partial charge in [0, 0.05) is 44.0 Å². The van der Waals surface area contributed by atoms with Gasteiger partial charge < -0.3 is 14.0 Å². The first-order valence-electron chi connectivity index (χ1n) is 8.18. The van der Waals surface area contributed by atoms with Gasteiger partial charge in [0.2, 0.25) is 0 Å². The van der Waals surface area contributed by atoms with Crippen molar-refractivity contribution in [2.45, 2.75) is 32.5 Å². The number of morpholine rings is 1. The van der Waals surface area contributed by atoms with Gasteiger partial charge >= 0.3 is 0 Å². The number of ether oxygens (including phenoxy) is 2. The van der Waals surface area contributed by atoms with Crippen LogP contribution in [0.15, 0.2) is 23.7 Å². The maximum absolute atomic E-state index is 5.71. The molecule has 2 atom stereocenters. The van der Waals surface area contributed by atoms with E-state index in [0.29, 0.717) is 6.04 Å². The molecule has 0 amide bonds. The largest absolute Gasteiger partial charge is 0.378 e. The number of hydrogen-bond donors (Lipinski definition) is 0. The predicted octanol–water partition coefficient (Wildman–Crippen LogP) is 3.15. The molecule has 2 aromatic rings. The monoisotopic (exact) mass is 335 g/mol. The van der Waals surface area contributed by atoms with Gasteiger partial charge in [-0.05, 0) is 26.0 Å². The molecule has 23 heavy (non-hydrogen) atoms. The maximum Gasteiger partial charge on any atom is 0.122 e. The summed E-state index contributed by atoms with van der Waals surface area (Å²) in [7, 11) is 2.09. The van der Waals surface area contributed by atoms with E-state index in [1.165, 1.54) is 5.69 Å². The molecule has 0 radical (unpaired) electrons. The smallest absolute Gasteiger partial charge is 0.122 e. The number of rotatable bonds is 6. The molecule has 3 rings (SSSR count). The van der Waals surface area contributed by atoms with Crippen LogP contribution in [-0.4, -0.2) is 40.8 Å². The summed E-state index contributed by atoms with van der Waals surface area (Å²) in [4.78, 5) is 7.23. The Kier molecular flexibility index (Phi) is 5.48. The first-order valence-corrected chi connectivity index (χ1v) is 9.06. The average Bonchev–Trinajstić information content (AvgIpc) is 3.17. The minimum absolute atomic E-state index is 0.0760. The molecule has 126 valence electrons. The quantitative estimate of drug-likeness (QED) is 0.813. The Morgan fingerprint density at radius 2 is 2.39 bits per heavy atom.